The molecular weight excluding hydrogens is 229 g/mol. The highest BCUT2D eigenvalue weighted by Crippen LogP contribution is 2.38. The smallest absolute Gasteiger partial charge is 0.0459 e. The van der Waals surface area contributed by atoms with Crippen LogP contribution in [0.1, 0.15) is 31.2 Å². The molecule has 1 aromatic carbocycles. The summed E-state index contributed by atoms with van der Waals surface area (Å²) in [6, 6.07) is 5.71. The van der Waals surface area contributed by atoms with Crippen molar-refractivity contribution in [2.24, 2.45) is 4.99 Å². The number of halogens is 2. The van der Waals surface area contributed by atoms with E-state index in [9.17, 15) is 0 Å². The van der Waals surface area contributed by atoms with Crippen LogP contribution in [-0.2, 0) is 0 Å². The molecule has 80 valence electrons. The first-order valence-corrected chi connectivity index (χ1v) is 5.96. The summed E-state index contributed by atoms with van der Waals surface area (Å²) in [6.45, 7) is 2.92. The van der Waals surface area contributed by atoms with Gasteiger partial charge in [0.2, 0.25) is 0 Å². The third-order valence-corrected chi connectivity index (χ3v) is 3.35. The van der Waals surface area contributed by atoms with Gasteiger partial charge in [-0.15, -0.1) is 0 Å². The van der Waals surface area contributed by atoms with E-state index in [0.717, 1.165) is 24.4 Å². The highest BCUT2D eigenvalue weighted by molar-refractivity contribution is 6.35. The maximum Gasteiger partial charge on any atom is 0.0459 e. The predicted molar refractivity (Wildman–Crippen MR) is 66.4 cm³/mol. The molecule has 3 heteroatoms. The highest BCUT2D eigenvalue weighted by atomic mass is 35.5. The van der Waals surface area contributed by atoms with Gasteiger partial charge in [-0.1, -0.05) is 29.3 Å². The fourth-order valence-electron chi connectivity index (χ4n) is 1.93. The van der Waals surface area contributed by atoms with Crippen molar-refractivity contribution in [3.8, 4) is 0 Å². The lowest BCUT2D eigenvalue weighted by molar-refractivity contribution is 0.685. The van der Waals surface area contributed by atoms with Gasteiger partial charge in [0.05, 0.1) is 0 Å². The van der Waals surface area contributed by atoms with Crippen LogP contribution in [0.3, 0.4) is 0 Å². The molecule has 1 aliphatic rings. The zero-order valence-corrected chi connectivity index (χ0v) is 10.1. The molecule has 0 spiro atoms. The van der Waals surface area contributed by atoms with E-state index in [1.165, 1.54) is 11.3 Å². The molecule has 1 unspecified atom stereocenters. The van der Waals surface area contributed by atoms with Crippen molar-refractivity contribution in [3.63, 3.8) is 0 Å². The Hall–Kier alpha value is -0.530. The van der Waals surface area contributed by atoms with E-state index in [4.69, 9.17) is 23.2 Å². The van der Waals surface area contributed by atoms with E-state index in [1.54, 1.807) is 6.07 Å². The maximum atomic E-state index is 6.16. The Bertz CT molecular complexity index is 399. The molecule has 0 radical (unpaired) electrons. The van der Waals surface area contributed by atoms with Crippen LogP contribution in [-0.4, -0.2) is 12.3 Å². The van der Waals surface area contributed by atoms with E-state index >= 15 is 0 Å². The van der Waals surface area contributed by atoms with Gasteiger partial charge >= 0.3 is 0 Å². The molecule has 0 bridgehead atoms. The molecule has 1 fully saturated rings. The normalized spacial score (nSPS) is 22.9. The summed E-state index contributed by atoms with van der Waals surface area (Å²) in [6.07, 6.45) is 2.26. The topological polar surface area (TPSA) is 12.4 Å². The summed E-state index contributed by atoms with van der Waals surface area (Å²) in [4.78, 5) is 4.48. The molecule has 0 saturated heterocycles. The Morgan fingerprint density at radius 3 is 2.73 bits per heavy atom. The number of rotatable bonds is 2. The first-order chi connectivity index (χ1) is 7.22. The molecule has 1 nitrogen and oxygen atoms in total. The molecule has 15 heavy (non-hydrogen) atoms. The van der Waals surface area contributed by atoms with E-state index in [1.807, 2.05) is 12.1 Å². The van der Waals surface area contributed by atoms with E-state index < -0.39 is 0 Å². The van der Waals surface area contributed by atoms with Crippen LogP contribution in [0.15, 0.2) is 23.2 Å². The Morgan fingerprint density at radius 1 is 1.40 bits per heavy atom. The minimum absolute atomic E-state index is 0.426. The second kappa shape index (κ2) is 4.54. The summed E-state index contributed by atoms with van der Waals surface area (Å²) < 4.78 is 0. The van der Waals surface area contributed by atoms with Crippen molar-refractivity contribution in [3.05, 3.63) is 33.8 Å². The lowest BCUT2D eigenvalue weighted by Gasteiger charge is -2.29. The summed E-state index contributed by atoms with van der Waals surface area (Å²) in [5.74, 6) is 0.426. The zero-order chi connectivity index (χ0) is 10.8. The monoisotopic (exact) mass is 241 g/mol. The van der Waals surface area contributed by atoms with Gasteiger partial charge in [0.15, 0.2) is 0 Å². The summed E-state index contributed by atoms with van der Waals surface area (Å²) in [7, 11) is 0. The van der Waals surface area contributed by atoms with Crippen molar-refractivity contribution in [1.29, 1.82) is 0 Å². The van der Waals surface area contributed by atoms with Gasteiger partial charge in [-0.25, -0.2) is 0 Å². The van der Waals surface area contributed by atoms with Crippen molar-refractivity contribution in [2.45, 2.75) is 25.7 Å². The van der Waals surface area contributed by atoms with Gasteiger partial charge in [0, 0.05) is 28.2 Å². The number of nitrogens with zero attached hydrogens (tertiary/aromatic N) is 1. The molecule has 0 N–H and O–H groups in total. The van der Waals surface area contributed by atoms with Gasteiger partial charge in [-0.05, 0) is 37.5 Å². The van der Waals surface area contributed by atoms with Crippen molar-refractivity contribution in [2.75, 3.05) is 6.54 Å². The predicted octanol–water partition coefficient (Wildman–Crippen LogP) is 4.33. The van der Waals surface area contributed by atoms with Crippen LogP contribution in [0.5, 0.6) is 0 Å². The van der Waals surface area contributed by atoms with E-state index in [-0.39, 0.29) is 0 Å². The average Bonchev–Trinajstić information content (AvgIpc) is 2.17. The Kier molecular flexibility index (Phi) is 3.32. The standard InChI is InChI=1S/C12H13Cl2N/c1-2-15-12-6-5-10(12)9-4-3-8(13)7-11(9)14/h3-4,7,10H,2,5-6H2,1H3. The molecular formula is C12H13Cl2N. The second-order valence-corrected chi connectivity index (χ2v) is 4.57. The Morgan fingerprint density at radius 2 is 2.20 bits per heavy atom. The summed E-state index contributed by atoms with van der Waals surface area (Å²) >= 11 is 12.0. The fraction of sp³-hybridized carbons (Fsp3) is 0.417. The zero-order valence-electron chi connectivity index (χ0n) is 8.63. The van der Waals surface area contributed by atoms with Crippen LogP contribution in [0.25, 0.3) is 0 Å². The minimum atomic E-state index is 0.426. The van der Waals surface area contributed by atoms with Gasteiger partial charge < -0.3 is 0 Å². The highest BCUT2D eigenvalue weighted by Gasteiger charge is 2.28. The molecule has 0 heterocycles. The average molecular weight is 242 g/mol. The van der Waals surface area contributed by atoms with Crippen molar-refractivity contribution in [1.82, 2.24) is 0 Å². The van der Waals surface area contributed by atoms with Crippen molar-refractivity contribution < 1.29 is 0 Å². The van der Waals surface area contributed by atoms with E-state index in [0.29, 0.717) is 10.9 Å². The van der Waals surface area contributed by atoms with E-state index in [2.05, 4.69) is 11.9 Å². The third-order valence-electron chi connectivity index (χ3n) is 2.79. The second-order valence-electron chi connectivity index (χ2n) is 3.72. The lowest BCUT2D eigenvalue weighted by atomic mass is 9.77. The molecule has 0 aromatic heterocycles. The Labute approximate surface area is 100 Å². The number of hydrogen-bond acceptors (Lipinski definition) is 1. The van der Waals surface area contributed by atoms with Crippen LogP contribution in [0, 0.1) is 0 Å². The first-order valence-electron chi connectivity index (χ1n) is 5.20. The largest absolute Gasteiger partial charge is 0.294 e. The third kappa shape index (κ3) is 2.19. The fourth-order valence-corrected chi connectivity index (χ4v) is 2.47. The molecule has 1 atom stereocenters. The van der Waals surface area contributed by atoms with Crippen LogP contribution >= 0.6 is 23.2 Å². The van der Waals surface area contributed by atoms with Gasteiger partial charge in [0.1, 0.15) is 0 Å². The van der Waals surface area contributed by atoms with Crippen LogP contribution in [0.2, 0.25) is 10.0 Å². The summed E-state index contributed by atoms with van der Waals surface area (Å²) in [5.41, 5.74) is 2.45. The Balaban J connectivity index is 2.27. The SMILES string of the molecule is CCN=C1CCC1c1ccc(Cl)cc1Cl. The molecule has 2 rings (SSSR count). The first kappa shape index (κ1) is 11.0. The number of aliphatic imine (C=N–C) groups is 1. The molecule has 1 aromatic rings. The summed E-state index contributed by atoms with van der Waals surface area (Å²) in [5, 5.41) is 1.45. The number of benzene rings is 1. The molecule has 0 amide bonds. The molecule has 1 aliphatic carbocycles. The number of hydrogen-bond donors (Lipinski definition) is 0. The van der Waals surface area contributed by atoms with Gasteiger partial charge in [-0.3, -0.25) is 4.99 Å². The quantitative estimate of drug-likeness (QED) is 0.731. The maximum absolute atomic E-state index is 6.16. The van der Waals surface area contributed by atoms with Crippen LogP contribution < -0.4 is 0 Å². The molecule has 0 aliphatic heterocycles. The van der Waals surface area contributed by atoms with Gasteiger partial charge in [-0.2, -0.15) is 0 Å². The van der Waals surface area contributed by atoms with Crippen LogP contribution in [0.4, 0.5) is 0 Å². The lowest BCUT2D eigenvalue weighted by Crippen LogP contribution is -2.24. The van der Waals surface area contributed by atoms with Crippen molar-refractivity contribution >= 4 is 28.9 Å². The molecule has 1 saturated carbocycles. The van der Waals surface area contributed by atoms with Gasteiger partial charge in [0.25, 0.3) is 0 Å². The minimum Gasteiger partial charge on any atom is -0.294 e.